The quantitative estimate of drug-likeness (QED) is 0.273. The number of ketones is 1. The minimum absolute atomic E-state index is 0.000324. The number of nitro benzene ring substituents is 1. The molecule has 0 aliphatic heterocycles. The zero-order chi connectivity index (χ0) is 21.3. The van der Waals surface area contributed by atoms with E-state index >= 15 is 0 Å². The first-order valence-electron chi connectivity index (χ1n) is 8.22. The van der Waals surface area contributed by atoms with Gasteiger partial charge in [0.1, 0.15) is 0 Å². The van der Waals surface area contributed by atoms with Crippen molar-refractivity contribution in [2.75, 3.05) is 0 Å². The lowest BCUT2D eigenvalue weighted by Crippen LogP contribution is -2.22. The smallest absolute Gasteiger partial charge is 0.289 e. The molecule has 1 heterocycles. The van der Waals surface area contributed by atoms with Crippen molar-refractivity contribution in [3.05, 3.63) is 106 Å². The van der Waals surface area contributed by atoms with E-state index in [1.165, 1.54) is 24.3 Å². The molecule has 1 aromatic heterocycles. The molecule has 0 amide bonds. The monoisotopic (exact) mass is 415 g/mol. The molecule has 10 heteroatoms. The highest BCUT2D eigenvalue weighted by Crippen LogP contribution is 2.15. The maximum atomic E-state index is 12.0. The highest BCUT2D eigenvalue weighted by molar-refractivity contribution is 7.83. The van der Waals surface area contributed by atoms with E-state index in [1.54, 1.807) is 48.7 Å². The van der Waals surface area contributed by atoms with E-state index in [9.17, 15) is 23.3 Å². The molecule has 0 unspecified atom stereocenters. The summed E-state index contributed by atoms with van der Waals surface area (Å²) in [7, 11) is -4.11. The van der Waals surface area contributed by atoms with E-state index < -0.39 is 15.2 Å². The molecular formula is C19H17N3O6S. The Balaban J connectivity index is 0.000000221. The van der Waals surface area contributed by atoms with Crippen molar-refractivity contribution < 1.29 is 22.7 Å². The van der Waals surface area contributed by atoms with Gasteiger partial charge in [-0.15, -0.1) is 0 Å². The van der Waals surface area contributed by atoms with Crippen molar-refractivity contribution in [3.63, 3.8) is 0 Å². The van der Waals surface area contributed by atoms with Gasteiger partial charge in [0.15, 0.2) is 5.78 Å². The Kier molecular flexibility index (Phi) is 7.66. The van der Waals surface area contributed by atoms with Crippen LogP contribution in [-0.4, -0.2) is 28.7 Å². The first-order chi connectivity index (χ1) is 13.8. The number of rotatable bonds is 6. The number of aromatic nitrogens is 1. The Bertz CT molecular complexity index is 1060. The fourth-order valence-corrected chi connectivity index (χ4v) is 2.49. The molecular weight excluding hydrogens is 398 g/mol. The van der Waals surface area contributed by atoms with Crippen molar-refractivity contribution in [1.29, 1.82) is 0 Å². The van der Waals surface area contributed by atoms with Gasteiger partial charge in [0.25, 0.3) is 5.69 Å². The number of pyridine rings is 1. The second kappa shape index (κ2) is 10.2. The van der Waals surface area contributed by atoms with Crippen LogP contribution >= 0.6 is 0 Å². The third kappa shape index (κ3) is 7.58. The lowest BCUT2D eigenvalue weighted by Gasteiger charge is -2.00. The van der Waals surface area contributed by atoms with Crippen LogP contribution in [0.5, 0.6) is 0 Å². The largest absolute Gasteiger partial charge is 0.333 e. The molecule has 0 saturated carbocycles. The fourth-order valence-electron chi connectivity index (χ4n) is 2.16. The minimum Gasteiger partial charge on any atom is -0.289 e. The highest BCUT2D eigenvalue weighted by atomic mass is 32.2. The van der Waals surface area contributed by atoms with Crippen LogP contribution in [0.1, 0.15) is 21.6 Å². The van der Waals surface area contributed by atoms with Gasteiger partial charge >= 0.3 is 10.3 Å². The number of carbonyl (C=O) groups is 1. The van der Waals surface area contributed by atoms with Gasteiger partial charge < -0.3 is 0 Å². The van der Waals surface area contributed by atoms with Gasteiger partial charge in [-0.3, -0.25) is 24.4 Å². The van der Waals surface area contributed by atoms with Gasteiger partial charge in [0, 0.05) is 29.5 Å². The number of nitrogens with zero attached hydrogens (tertiary/aromatic N) is 2. The molecule has 0 aliphatic rings. The van der Waals surface area contributed by atoms with Crippen LogP contribution in [0.3, 0.4) is 0 Å². The second-order valence-electron chi connectivity index (χ2n) is 5.62. The van der Waals surface area contributed by atoms with E-state index in [0.717, 1.165) is 0 Å². The topological polar surface area (TPSA) is 140 Å². The summed E-state index contributed by atoms with van der Waals surface area (Å²) >= 11 is 0. The van der Waals surface area contributed by atoms with Crippen molar-refractivity contribution in [2.24, 2.45) is 0 Å². The van der Waals surface area contributed by atoms with E-state index in [2.05, 4.69) is 4.98 Å². The predicted molar refractivity (Wildman–Crippen MR) is 106 cm³/mol. The summed E-state index contributed by atoms with van der Waals surface area (Å²) < 4.78 is 30.7. The fraction of sp³-hybridized carbons (Fsp3) is 0.0526. The molecule has 0 atom stereocenters. The number of hydrogen-bond acceptors (Lipinski definition) is 6. The highest BCUT2D eigenvalue weighted by Gasteiger charge is 2.10. The Hall–Kier alpha value is -3.47. The van der Waals surface area contributed by atoms with Crippen LogP contribution in [0, 0.1) is 10.1 Å². The van der Waals surface area contributed by atoms with E-state index in [4.69, 9.17) is 4.55 Å². The van der Waals surface area contributed by atoms with Crippen LogP contribution in [0.2, 0.25) is 0 Å². The molecule has 2 N–H and O–H groups in total. The summed E-state index contributed by atoms with van der Waals surface area (Å²) in [6.45, 7) is -0.000324. The van der Waals surface area contributed by atoms with Gasteiger partial charge in [-0.25, -0.2) is 0 Å². The predicted octanol–water partition coefficient (Wildman–Crippen LogP) is 2.80. The number of hydrogen-bond donors (Lipinski definition) is 2. The molecule has 9 nitrogen and oxygen atoms in total. The third-order valence-electron chi connectivity index (χ3n) is 3.54. The molecule has 3 aromatic rings. The van der Waals surface area contributed by atoms with E-state index in [-0.39, 0.29) is 18.0 Å². The van der Waals surface area contributed by atoms with Crippen LogP contribution in [-0.2, 0) is 16.8 Å². The van der Waals surface area contributed by atoms with Crippen molar-refractivity contribution >= 4 is 21.8 Å². The van der Waals surface area contributed by atoms with Crippen LogP contribution in [0.4, 0.5) is 5.69 Å². The number of non-ortho nitro benzene ring substituents is 1. The molecule has 0 aliphatic carbocycles. The Morgan fingerprint density at radius 2 is 1.55 bits per heavy atom. The molecule has 2 aromatic carbocycles. The molecule has 0 spiro atoms. The van der Waals surface area contributed by atoms with Gasteiger partial charge in [0.2, 0.25) is 0 Å². The maximum absolute atomic E-state index is 12.0. The standard InChI is InChI=1S/C13H9NO3.C6H8N2O3S/c15-13(10-4-2-1-3-5-10)11-6-8-12(9-7-11)14(16)17;9-12(10,11)8-5-6-3-1-2-4-7-6/h1-9H;1-4,8H,5H2,(H,9,10,11). The number of benzene rings is 2. The summed E-state index contributed by atoms with van der Waals surface area (Å²) in [6, 6.07) is 19.5. The molecule has 0 bridgehead atoms. The Morgan fingerprint density at radius 1 is 0.966 bits per heavy atom. The molecule has 0 fully saturated rings. The molecule has 29 heavy (non-hydrogen) atoms. The number of nitrogens with one attached hydrogen (secondary N) is 1. The first kappa shape index (κ1) is 21.8. The Labute approximate surface area is 167 Å². The first-order valence-corrected chi connectivity index (χ1v) is 9.66. The summed E-state index contributed by atoms with van der Waals surface area (Å²) in [5.74, 6) is -0.138. The zero-order valence-corrected chi connectivity index (χ0v) is 15.8. The third-order valence-corrected chi connectivity index (χ3v) is 4.05. The molecule has 0 radical (unpaired) electrons. The summed E-state index contributed by atoms with van der Waals surface area (Å²) in [6.07, 6.45) is 1.54. The lowest BCUT2D eigenvalue weighted by molar-refractivity contribution is -0.384. The minimum atomic E-state index is -4.11. The molecule has 150 valence electrons. The van der Waals surface area contributed by atoms with Gasteiger partial charge in [-0.05, 0) is 24.3 Å². The zero-order valence-electron chi connectivity index (χ0n) is 15.0. The van der Waals surface area contributed by atoms with E-state index in [0.29, 0.717) is 16.8 Å². The lowest BCUT2D eigenvalue weighted by atomic mass is 10.0. The van der Waals surface area contributed by atoms with E-state index in [1.807, 2.05) is 10.8 Å². The molecule has 3 rings (SSSR count). The second-order valence-corrected chi connectivity index (χ2v) is 6.86. The Morgan fingerprint density at radius 3 is 2.07 bits per heavy atom. The van der Waals surface area contributed by atoms with Gasteiger partial charge in [-0.1, -0.05) is 36.4 Å². The van der Waals surface area contributed by atoms with Gasteiger partial charge in [0.05, 0.1) is 17.2 Å². The van der Waals surface area contributed by atoms with Crippen LogP contribution < -0.4 is 4.72 Å². The van der Waals surface area contributed by atoms with Crippen molar-refractivity contribution in [3.8, 4) is 0 Å². The average molecular weight is 415 g/mol. The van der Waals surface area contributed by atoms with Crippen LogP contribution in [0.25, 0.3) is 0 Å². The summed E-state index contributed by atoms with van der Waals surface area (Å²) in [5, 5.41) is 10.5. The molecule has 0 saturated heterocycles. The SMILES string of the molecule is O=C(c1ccccc1)c1ccc([N+](=O)[O-])cc1.O=S(=O)(O)NCc1ccccn1. The van der Waals surface area contributed by atoms with Crippen molar-refractivity contribution in [2.45, 2.75) is 6.54 Å². The summed E-state index contributed by atoms with van der Waals surface area (Å²) in [4.78, 5) is 25.8. The average Bonchev–Trinajstić information content (AvgIpc) is 2.73. The maximum Gasteiger partial charge on any atom is 0.333 e. The van der Waals surface area contributed by atoms with Gasteiger partial charge in [-0.2, -0.15) is 13.1 Å². The number of carbonyl (C=O) groups excluding carboxylic acids is 1. The number of nitro groups is 1. The van der Waals surface area contributed by atoms with Crippen LogP contribution in [0.15, 0.2) is 79.0 Å². The normalized spacial score (nSPS) is 10.5. The summed E-state index contributed by atoms with van der Waals surface area (Å²) in [5.41, 5.74) is 1.55. The van der Waals surface area contributed by atoms with Crippen molar-refractivity contribution in [1.82, 2.24) is 9.71 Å².